The molecule has 49 heavy (non-hydrogen) atoms. The van der Waals surface area contributed by atoms with E-state index >= 15 is 0 Å². The van der Waals surface area contributed by atoms with E-state index in [1.807, 2.05) is 6.07 Å². The van der Waals surface area contributed by atoms with Crippen molar-refractivity contribution in [1.82, 2.24) is 0 Å². The maximum Gasteiger partial charge on any atom is 0.138 e. The maximum atomic E-state index is 11.1. The second-order valence-corrected chi connectivity index (χ2v) is 13.3. The van der Waals surface area contributed by atoms with E-state index in [-0.39, 0.29) is 17.9 Å². The third kappa shape index (κ3) is 4.30. The molecule has 0 amide bonds. The highest BCUT2D eigenvalue weighted by Crippen LogP contribution is 2.52. The Morgan fingerprint density at radius 2 is 1.55 bits per heavy atom. The summed E-state index contributed by atoms with van der Waals surface area (Å²) in [5.41, 5.74) is 10.5. The van der Waals surface area contributed by atoms with Gasteiger partial charge < -0.3 is 14.7 Å². The number of allylic oxidation sites excluding steroid dienone is 6. The van der Waals surface area contributed by atoms with Crippen LogP contribution in [0, 0.1) is 34.5 Å². The lowest BCUT2D eigenvalue weighted by atomic mass is 9.81. The fourth-order valence-electron chi connectivity index (χ4n) is 8.43. The molecule has 0 saturated carbocycles. The molecule has 0 spiro atoms. The van der Waals surface area contributed by atoms with Crippen molar-refractivity contribution in [3.63, 3.8) is 0 Å². The van der Waals surface area contributed by atoms with Crippen LogP contribution in [0.4, 0.5) is 22.7 Å². The number of nitriles is 2. The minimum absolute atomic E-state index is 0.0240. The standard InChI is InChI=1S/C44H33N5/c1-44-23-9-10-24-47(44)39-20-7-8-21-40(39)49(44)34-17-11-15-31(25-34)36-26-33(30-13-3-2-4-14-30)27-42(37(36)29-46)48-38-19-6-5-18-35(38)43-32(28-45)16-12-22-41(43)48/h2-15,17-27,32,35,38H,16H2,1H3/t32?,35?,38?,44-/m0/s1. The van der Waals surface area contributed by atoms with Crippen LogP contribution in [0.1, 0.15) is 18.9 Å². The molecule has 5 aliphatic rings. The first-order chi connectivity index (χ1) is 24.1. The summed E-state index contributed by atoms with van der Waals surface area (Å²) >= 11 is 0. The number of benzene rings is 4. The van der Waals surface area contributed by atoms with Crippen LogP contribution >= 0.6 is 0 Å². The number of nitrogens with zero attached hydrogens (tertiary/aromatic N) is 5. The number of hydrogen-bond acceptors (Lipinski definition) is 5. The Kier molecular flexibility index (Phi) is 6.57. The van der Waals surface area contributed by atoms with Crippen molar-refractivity contribution in [1.29, 1.82) is 10.5 Å². The van der Waals surface area contributed by atoms with Crippen molar-refractivity contribution < 1.29 is 0 Å². The van der Waals surface area contributed by atoms with Crippen molar-refractivity contribution in [2.75, 3.05) is 14.7 Å². The van der Waals surface area contributed by atoms with Gasteiger partial charge in [-0.2, -0.15) is 10.5 Å². The van der Waals surface area contributed by atoms with E-state index in [4.69, 9.17) is 0 Å². The third-order valence-corrected chi connectivity index (χ3v) is 10.6. The van der Waals surface area contributed by atoms with E-state index in [0.29, 0.717) is 12.0 Å². The van der Waals surface area contributed by atoms with Crippen LogP contribution in [0.5, 0.6) is 0 Å². The van der Waals surface area contributed by atoms with Crippen LogP contribution in [-0.2, 0) is 0 Å². The maximum absolute atomic E-state index is 11.1. The van der Waals surface area contributed by atoms with E-state index in [1.165, 1.54) is 0 Å². The molecule has 3 aliphatic heterocycles. The van der Waals surface area contributed by atoms with Crippen LogP contribution in [-0.4, -0.2) is 11.7 Å². The molecule has 4 atom stereocenters. The SMILES string of the molecule is C[C@]12C=CC=CN1c1ccccc1N2c1cccc(-c2cc(-c3ccccc3)cc(N3C4=C(C(C#N)CC=C4)C4C=CC=CC43)c2C#N)c1. The summed E-state index contributed by atoms with van der Waals surface area (Å²) in [6.45, 7) is 2.24. The molecule has 0 N–H and O–H groups in total. The Bertz CT molecular complexity index is 2290. The van der Waals surface area contributed by atoms with Gasteiger partial charge in [-0.1, -0.05) is 91.1 Å². The normalized spacial score (nSPS) is 24.0. The number of anilines is 4. The molecule has 4 aromatic carbocycles. The second kappa shape index (κ2) is 11.2. The van der Waals surface area contributed by atoms with Crippen LogP contribution < -0.4 is 14.7 Å². The summed E-state index contributed by atoms with van der Waals surface area (Å²) in [7, 11) is 0. The molecular formula is C44H33N5. The third-order valence-electron chi connectivity index (χ3n) is 10.6. The smallest absolute Gasteiger partial charge is 0.138 e. The minimum Gasteiger partial charge on any atom is -0.332 e. The molecular weight excluding hydrogens is 599 g/mol. The van der Waals surface area contributed by atoms with Crippen LogP contribution in [0.3, 0.4) is 0 Å². The Morgan fingerprint density at radius 1 is 0.755 bits per heavy atom. The van der Waals surface area contributed by atoms with Crippen LogP contribution in [0.2, 0.25) is 0 Å². The highest BCUT2D eigenvalue weighted by atomic mass is 15.5. The number of fused-ring (bicyclic) bond motifs is 5. The van der Waals surface area contributed by atoms with Crippen LogP contribution in [0.25, 0.3) is 22.3 Å². The van der Waals surface area contributed by atoms with E-state index in [2.05, 4.69) is 180 Å². The molecule has 5 nitrogen and oxygen atoms in total. The van der Waals surface area contributed by atoms with Gasteiger partial charge in [-0.3, -0.25) is 0 Å². The molecule has 0 bridgehead atoms. The highest BCUT2D eigenvalue weighted by Gasteiger charge is 2.46. The van der Waals surface area contributed by atoms with E-state index < -0.39 is 5.66 Å². The summed E-state index contributed by atoms with van der Waals surface area (Å²) in [4.78, 5) is 7.01. The lowest BCUT2D eigenvalue weighted by Crippen LogP contribution is -2.50. The molecule has 3 heterocycles. The van der Waals surface area contributed by atoms with Gasteiger partial charge in [0.25, 0.3) is 0 Å². The monoisotopic (exact) mass is 631 g/mol. The lowest BCUT2D eigenvalue weighted by molar-refractivity contribution is 0.596. The van der Waals surface area contributed by atoms with Gasteiger partial charge >= 0.3 is 0 Å². The number of para-hydroxylation sites is 2. The van der Waals surface area contributed by atoms with Crippen molar-refractivity contribution in [3.8, 4) is 34.4 Å². The predicted molar refractivity (Wildman–Crippen MR) is 198 cm³/mol. The lowest BCUT2D eigenvalue weighted by Gasteiger charge is -2.41. The highest BCUT2D eigenvalue weighted by molar-refractivity contribution is 5.91. The number of hydrogen-bond donors (Lipinski definition) is 0. The molecule has 9 rings (SSSR count). The van der Waals surface area contributed by atoms with Crippen molar-refractivity contribution in [2.24, 2.45) is 11.8 Å². The molecule has 5 heteroatoms. The molecule has 4 aromatic rings. The molecule has 0 radical (unpaired) electrons. The summed E-state index contributed by atoms with van der Waals surface area (Å²) in [6.07, 6.45) is 22.1. The fraction of sp³-hybridized carbons (Fsp3) is 0.136. The molecule has 2 aliphatic carbocycles. The van der Waals surface area contributed by atoms with Gasteiger partial charge in [0.15, 0.2) is 0 Å². The first-order valence-corrected chi connectivity index (χ1v) is 16.8. The summed E-state index contributed by atoms with van der Waals surface area (Å²) in [5, 5.41) is 21.2. The van der Waals surface area contributed by atoms with Gasteiger partial charge in [-0.15, -0.1) is 0 Å². The van der Waals surface area contributed by atoms with Crippen molar-refractivity contribution in [2.45, 2.75) is 25.0 Å². The zero-order chi connectivity index (χ0) is 33.1. The molecule has 0 saturated heterocycles. The van der Waals surface area contributed by atoms with Gasteiger partial charge in [-0.25, -0.2) is 0 Å². The predicted octanol–water partition coefficient (Wildman–Crippen LogP) is 9.93. The molecule has 3 unspecified atom stereocenters. The van der Waals surface area contributed by atoms with Gasteiger partial charge in [0.2, 0.25) is 0 Å². The zero-order valence-corrected chi connectivity index (χ0v) is 27.1. The van der Waals surface area contributed by atoms with Gasteiger partial charge in [0, 0.05) is 29.1 Å². The van der Waals surface area contributed by atoms with Gasteiger partial charge in [-0.05, 0) is 90.2 Å². The summed E-state index contributed by atoms with van der Waals surface area (Å²) in [5.74, 6) is -0.120. The van der Waals surface area contributed by atoms with Crippen LogP contribution in [0.15, 0.2) is 163 Å². The van der Waals surface area contributed by atoms with E-state index in [9.17, 15) is 10.5 Å². The minimum atomic E-state index is -0.426. The Balaban J connectivity index is 1.26. The quantitative estimate of drug-likeness (QED) is 0.224. The Labute approximate surface area is 287 Å². The van der Waals surface area contributed by atoms with Crippen molar-refractivity contribution >= 4 is 22.7 Å². The van der Waals surface area contributed by atoms with E-state index in [1.54, 1.807) is 0 Å². The largest absolute Gasteiger partial charge is 0.332 e. The average Bonchev–Trinajstić information content (AvgIpc) is 3.64. The summed E-state index contributed by atoms with van der Waals surface area (Å²) in [6, 6.07) is 37.0. The molecule has 0 fully saturated rings. The Hall–Kier alpha value is -6.30. The Morgan fingerprint density at radius 3 is 2.39 bits per heavy atom. The second-order valence-electron chi connectivity index (χ2n) is 13.3. The van der Waals surface area contributed by atoms with Crippen molar-refractivity contribution in [3.05, 3.63) is 169 Å². The summed E-state index contributed by atoms with van der Waals surface area (Å²) < 4.78 is 0. The van der Waals surface area contributed by atoms with Gasteiger partial charge in [0.1, 0.15) is 11.7 Å². The average molecular weight is 632 g/mol. The fourth-order valence-corrected chi connectivity index (χ4v) is 8.43. The topological polar surface area (TPSA) is 57.3 Å². The van der Waals surface area contributed by atoms with E-state index in [0.717, 1.165) is 56.3 Å². The zero-order valence-electron chi connectivity index (χ0n) is 27.1. The molecule has 0 aromatic heterocycles. The molecule has 234 valence electrons. The number of rotatable bonds is 4. The first-order valence-electron chi connectivity index (χ1n) is 16.8. The van der Waals surface area contributed by atoms with Gasteiger partial charge in [0.05, 0.1) is 40.7 Å². The first kappa shape index (κ1) is 28.9.